The maximum atomic E-state index is 14.1. The molecule has 3 aliphatic rings. The minimum absolute atomic E-state index is 0.0384. The molecule has 2 aromatic rings. The van der Waals surface area contributed by atoms with Gasteiger partial charge in [-0.1, -0.05) is 66.0 Å². The zero-order valence-corrected chi connectivity index (χ0v) is 24.1. The lowest BCUT2D eigenvalue weighted by Gasteiger charge is -2.35. The van der Waals surface area contributed by atoms with E-state index in [0.717, 1.165) is 42.9 Å². The molecule has 3 unspecified atom stereocenters. The second-order valence-corrected chi connectivity index (χ2v) is 13.4. The normalized spacial score (nSPS) is 29.6. The van der Waals surface area contributed by atoms with Gasteiger partial charge in [0.1, 0.15) is 6.04 Å². The highest BCUT2D eigenvalue weighted by atomic mass is 79.9. The maximum Gasteiger partial charge on any atom is 0.248 e. The van der Waals surface area contributed by atoms with Crippen molar-refractivity contribution in [2.75, 3.05) is 25.0 Å². The van der Waals surface area contributed by atoms with Gasteiger partial charge in [0.25, 0.3) is 0 Å². The van der Waals surface area contributed by atoms with Gasteiger partial charge >= 0.3 is 0 Å². The average Bonchev–Trinajstić information content (AvgIpc) is 3.50. The van der Waals surface area contributed by atoms with Gasteiger partial charge in [-0.05, 0) is 48.6 Å². The third kappa shape index (κ3) is 4.86. The summed E-state index contributed by atoms with van der Waals surface area (Å²) in [6.45, 7) is 3.22. The number of benzene rings is 2. The number of unbranched alkanes of at least 4 members (excludes halogenated alkanes) is 3. The predicted octanol–water partition coefficient (Wildman–Crippen LogP) is 4.32. The summed E-state index contributed by atoms with van der Waals surface area (Å²) in [5, 5.41) is 17.4. The van der Waals surface area contributed by atoms with Crippen molar-refractivity contribution < 1.29 is 19.5 Å². The lowest BCUT2D eigenvalue weighted by Crippen LogP contribution is -2.53. The number of nitrogens with one attached hydrogen (secondary N) is 2. The van der Waals surface area contributed by atoms with E-state index in [1.807, 2.05) is 49.4 Å². The number of alkyl halides is 1. The van der Waals surface area contributed by atoms with Crippen LogP contribution in [0.3, 0.4) is 0 Å². The van der Waals surface area contributed by atoms with E-state index in [-0.39, 0.29) is 34.4 Å². The second-order valence-electron chi connectivity index (χ2n) is 10.7. The molecule has 3 aliphatic heterocycles. The van der Waals surface area contributed by atoms with Crippen LogP contribution in [0, 0.1) is 11.8 Å². The third-order valence-corrected chi connectivity index (χ3v) is 11.4. The molecule has 1 spiro atoms. The van der Waals surface area contributed by atoms with Crippen molar-refractivity contribution in [1.82, 2.24) is 10.2 Å². The molecule has 3 heterocycles. The fraction of sp³-hybridized carbons (Fsp3) is 0.552. The first-order valence-electron chi connectivity index (χ1n) is 13.7. The maximum absolute atomic E-state index is 14.1. The van der Waals surface area contributed by atoms with Crippen molar-refractivity contribution in [3.8, 4) is 0 Å². The predicted molar refractivity (Wildman–Crippen MR) is 155 cm³/mol. The number of nitrogens with zero attached hydrogens (tertiary/aromatic N) is 1. The average molecular weight is 603 g/mol. The highest BCUT2D eigenvalue weighted by Gasteiger charge is 2.75. The Hall–Kier alpha value is -2.10. The summed E-state index contributed by atoms with van der Waals surface area (Å²) < 4.78 is -0.643. The van der Waals surface area contributed by atoms with E-state index in [0.29, 0.717) is 25.2 Å². The highest BCUT2D eigenvalue weighted by Crippen LogP contribution is 2.67. The third-order valence-electron chi connectivity index (χ3n) is 8.21. The van der Waals surface area contributed by atoms with Gasteiger partial charge in [0, 0.05) is 35.5 Å². The molecule has 2 aromatic carbocycles. The van der Waals surface area contributed by atoms with Gasteiger partial charge in [-0.3, -0.25) is 14.4 Å². The van der Waals surface area contributed by atoms with E-state index in [9.17, 15) is 14.4 Å². The molecule has 3 N–H and O–H groups in total. The fourth-order valence-electron chi connectivity index (χ4n) is 6.56. The monoisotopic (exact) mass is 601 g/mol. The van der Waals surface area contributed by atoms with Crippen LogP contribution < -0.4 is 10.6 Å². The van der Waals surface area contributed by atoms with Crippen molar-refractivity contribution in [2.45, 2.75) is 66.3 Å². The van der Waals surface area contributed by atoms with E-state index in [1.54, 1.807) is 16.7 Å². The topological polar surface area (TPSA) is 98.7 Å². The molecule has 7 nitrogen and oxygen atoms in total. The van der Waals surface area contributed by atoms with Crippen LogP contribution in [0.4, 0.5) is 5.69 Å². The lowest BCUT2D eigenvalue weighted by atomic mass is 9.70. The molecular formula is C29H36BrN3O4S. The zero-order valence-electron chi connectivity index (χ0n) is 21.7. The number of aliphatic hydroxyl groups is 1. The van der Waals surface area contributed by atoms with Gasteiger partial charge < -0.3 is 20.6 Å². The molecule has 3 saturated heterocycles. The van der Waals surface area contributed by atoms with Crippen molar-refractivity contribution in [3.63, 3.8) is 0 Å². The number of halogens is 1. The largest absolute Gasteiger partial charge is 0.396 e. The Kier molecular flexibility index (Phi) is 8.36. The number of carbonyl (C=O) groups is 3. The summed E-state index contributed by atoms with van der Waals surface area (Å²) in [7, 11) is 0. The smallest absolute Gasteiger partial charge is 0.248 e. The number of likely N-dealkylation sites (tertiary alicyclic amines) is 1. The number of aliphatic hydroxyl groups excluding tert-OH is 1. The van der Waals surface area contributed by atoms with Crippen molar-refractivity contribution in [2.24, 2.45) is 11.8 Å². The van der Waals surface area contributed by atoms with Crippen molar-refractivity contribution in [1.29, 1.82) is 0 Å². The lowest BCUT2D eigenvalue weighted by molar-refractivity contribution is -0.139. The Labute approximate surface area is 236 Å². The Balaban J connectivity index is 1.44. The van der Waals surface area contributed by atoms with Gasteiger partial charge in [-0.15, -0.1) is 11.8 Å². The number of rotatable bonds is 11. The molecule has 3 fully saturated rings. The Bertz CT molecular complexity index is 1210. The van der Waals surface area contributed by atoms with E-state index in [2.05, 4.69) is 26.6 Å². The number of anilines is 1. The quantitative estimate of drug-likeness (QED) is 0.263. The molecule has 0 aromatic heterocycles. The molecule has 204 valence electrons. The van der Waals surface area contributed by atoms with Crippen LogP contribution in [0.1, 0.15) is 45.4 Å². The van der Waals surface area contributed by atoms with Gasteiger partial charge in [0.15, 0.2) is 0 Å². The molecule has 0 saturated carbocycles. The summed E-state index contributed by atoms with van der Waals surface area (Å²) in [5.41, 5.74) is 0.703. The number of amides is 3. The molecular weight excluding hydrogens is 566 g/mol. The Morgan fingerprint density at radius 1 is 1.11 bits per heavy atom. The summed E-state index contributed by atoms with van der Waals surface area (Å²) in [6, 6.07) is 13.2. The molecule has 38 heavy (non-hydrogen) atoms. The molecule has 0 aliphatic carbocycles. The van der Waals surface area contributed by atoms with Gasteiger partial charge in [0.05, 0.1) is 16.6 Å². The van der Waals surface area contributed by atoms with Crippen LogP contribution >= 0.6 is 27.7 Å². The van der Waals surface area contributed by atoms with Gasteiger partial charge in [-0.2, -0.15) is 0 Å². The van der Waals surface area contributed by atoms with Crippen molar-refractivity contribution >= 4 is 61.9 Å². The second kappa shape index (κ2) is 11.6. The summed E-state index contributed by atoms with van der Waals surface area (Å²) >= 11 is 5.48. The minimum atomic E-state index is -0.650. The van der Waals surface area contributed by atoms with E-state index in [4.69, 9.17) is 5.11 Å². The fourth-order valence-corrected chi connectivity index (χ4v) is 10.2. The molecule has 0 radical (unpaired) electrons. The van der Waals surface area contributed by atoms with Crippen molar-refractivity contribution in [3.05, 3.63) is 42.5 Å². The summed E-state index contributed by atoms with van der Waals surface area (Å²) in [6.07, 6.45) is 4.74. The summed E-state index contributed by atoms with van der Waals surface area (Å²) in [5.74, 6) is -1.29. The number of carbonyl (C=O) groups excluding carboxylic acids is 3. The zero-order chi connectivity index (χ0) is 26.9. The van der Waals surface area contributed by atoms with E-state index < -0.39 is 22.6 Å². The van der Waals surface area contributed by atoms with Crippen LogP contribution in [0.15, 0.2) is 42.5 Å². The number of fused-ring (bicyclic) bond motifs is 2. The van der Waals surface area contributed by atoms with Crippen LogP contribution in [0.25, 0.3) is 10.8 Å². The van der Waals surface area contributed by atoms with E-state index in [1.165, 1.54) is 0 Å². The molecule has 6 atom stereocenters. The first-order chi connectivity index (χ1) is 18.4. The Morgan fingerprint density at radius 2 is 1.87 bits per heavy atom. The Morgan fingerprint density at radius 3 is 2.63 bits per heavy atom. The standard InChI is InChI=1S/C29H36BrN3O4S/c1-2-13-31-26(35)22-23-28(37)33(14-7-3-4-8-15-34)25(29(23)17-21(30)24(22)38-29)27(36)32-20-12-11-18-9-5-6-10-19(18)16-20/h5-6,9-12,16,21-25,34H,2-4,7-8,13-15,17H2,1H3,(H,31,35)(H,32,36)/t21?,22-,23+,24-,25?,29?/m1/s1. The molecule has 2 bridgehead atoms. The first kappa shape index (κ1) is 27.5. The SMILES string of the molecule is CCCNC(=O)[C@H]1[C@@H]2SC3(CC2Br)C(C(=O)Nc2ccc4ccccc4c2)N(CCCCCCO)C(=O)[C@H]13. The molecule has 5 rings (SSSR count). The number of thioether (sulfide) groups is 1. The molecule has 3 amide bonds. The summed E-state index contributed by atoms with van der Waals surface area (Å²) in [4.78, 5) is 43.2. The highest BCUT2D eigenvalue weighted by molar-refractivity contribution is 9.09. The first-order valence-corrected chi connectivity index (χ1v) is 15.5. The van der Waals surface area contributed by atoms with Crippen LogP contribution in [-0.2, 0) is 14.4 Å². The van der Waals surface area contributed by atoms with Gasteiger partial charge in [0.2, 0.25) is 17.7 Å². The number of hydrogen-bond acceptors (Lipinski definition) is 5. The minimum Gasteiger partial charge on any atom is -0.396 e. The molecule has 9 heteroatoms. The van der Waals surface area contributed by atoms with Crippen LogP contribution in [-0.4, -0.2) is 68.3 Å². The van der Waals surface area contributed by atoms with Crippen LogP contribution in [0.5, 0.6) is 0 Å². The van der Waals surface area contributed by atoms with Crippen LogP contribution in [0.2, 0.25) is 0 Å². The number of hydrogen-bond donors (Lipinski definition) is 3. The van der Waals surface area contributed by atoms with E-state index >= 15 is 0 Å². The van der Waals surface area contributed by atoms with Gasteiger partial charge in [-0.25, -0.2) is 0 Å².